The van der Waals surface area contributed by atoms with Crippen LogP contribution in [0.1, 0.15) is 16.1 Å². The third-order valence-electron chi connectivity index (χ3n) is 3.25. The lowest BCUT2D eigenvalue weighted by Crippen LogP contribution is -1.99. The normalized spacial score (nSPS) is 11.3. The molecule has 2 aromatic heterocycles. The number of nitrogens with zero attached hydrogens (tertiary/aromatic N) is 4. The molecule has 7 heteroatoms. The summed E-state index contributed by atoms with van der Waals surface area (Å²) < 4.78 is 19.6. The van der Waals surface area contributed by atoms with Gasteiger partial charge in [-0.05, 0) is 37.3 Å². The summed E-state index contributed by atoms with van der Waals surface area (Å²) in [5.41, 5.74) is 2.08. The highest BCUT2D eigenvalue weighted by molar-refractivity contribution is 5.90. The minimum absolute atomic E-state index is 0.379. The minimum Gasteiger partial charge on any atom is -0.465 e. The third-order valence-corrected chi connectivity index (χ3v) is 3.25. The average Bonchev–Trinajstić information content (AvgIpc) is 2.87. The molecule has 0 saturated carbocycles. The fourth-order valence-corrected chi connectivity index (χ4v) is 2.16. The standard InChI is InChI=1S/C16H13FN4O2/c1-10-15(21-9-12(17)6-7-14(21)18-10)20-19-13-5-3-4-11(8-13)16(22)23-2/h3-9H,1-2H3. The van der Waals surface area contributed by atoms with Gasteiger partial charge in [-0.2, -0.15) is 0 Å². The van der Waals surface area contributed by atoms with E-state index in [4.69, 9.17) is 0 Å². The van der Waals surface area contributed by atoms with E-state index in [-0.39, 0.29) is 5.82 Å². The quantitative estimate of drug-likeness (QED) is 0.542. The second-order valence-corrected chi connectivity index (χ2v) is 4.84. The number of aromatic nitrogens is 2. The number of azo groups is 1. The maximum absolute atomic E-state index is 13.4. The molecule has 3 aromatic rings. The summed E-state index contributed by atoms with van der Waals surface area (Å²) in [6.45, 7) is 1.77. The Morgan fingerprint density at radius 3 is 2.87 bits per heavy atom. The van der Waals surface area contributed by atoms with Gasteiger partial charge in [0.1, 0.15) is 11.5 Å². The number of halogens is 1. The van der Waals surface area contributed by atoms with Crippen LogP contribution in [0.15, 0.2) is 52.8 Å². The molecule has 6 nitrogen and oxygen atoms in total. The molecular weight excluding hydrogens is 299 g/mol. The van der Waals surface area contributed by atoms with Crippen molar-refractivity contribution in [2.75, 3.05) is 7.11 Å². The van der Waals surface area contributed by atoms with Crippen molar-refractivity contribution in [2.45, 2.75) is 6.92 Å². The van der Waals surface area contributed by atoms with E-state index in [9.17, 15) is 9.18 Å². The van der Waals surface area contributed by atoms with Crippen LogP contribution in [0.4, 0.5) is 15.9 Å². The maximum Gasteiger partial charge on any atom is 0.337 e. The Kier molecular flexibility index (Phi) is 3.84. The lowest BCUT2D eigenvalue weighted by Gasteiger charge is -2.00. The first-order valence-corrected chi connectivity index (χ1v) is 6.83. The Hall–Kier alpha value is -3.09. The van der Waals surface area contributed by atoms with Crippen molar-refractivity contribution in [1.82, 2.24) is 9.38 Å². The first-order valence-electron chi connectivity index (χ1n) is 6.83. The van der Waals surface area contributed by atoms with Gasteiger partial charge in [-0.15, -0.1) is 10.2 Å². The molecule has 0 saturated heterocycles. The van der Waals surface area contributed by atoms with Crippen LogP contribution in [0.2, 0.25) is 0 Å². The van der Waals surface area contributed by atoms with Gasteiger partial charge in [0.25, 0.3) is 0 Å². The van der Waals surface area contributed by atoms with Gasteiger partial charge in [-0.25, -0.2) is 14.2 Å². The number of aryl methyl sites for hydroxylation is 1. The van der Waals surface area contributed by atoms with E-state index in [1.807, 2.05) is 0 Å². The Bertz CT molecular complexity index is 918. The molecule has 23 heavy (non-hydrogen) atoms. The van der Waals surface area contributed by atoms with E-state index in [1.54, 1.807) is 37.3 Å². The molecule has 116 valence electrons. The predicted octanol–water partition coefficient (Wildman–Crippen LogP) is 3.98. The molecule has 0 spiro atoms. The number of hydrogen-bond donors (Lipinski definition) is 0. The second-order valence-electron chi connectivity index (χ2n) is 4.84. The molecule has 0 bridgehead atoms. The number of esters is 1. The zero-order valence-corrected chi connectivity index (χ0v) is 12.5. The van der Waals surface area contributed by atoms with E-state index >= 15 is 0 Å². The number of hydrogen-bond acceptors (Lipinski definition) is 5. The first-order chi connectivity index (χ1) is 11.1. The van der Waals surface area contributed by atoms with E-state index in [0.717, 1.165) is 0 Å². The largest absolute Gasteiger partial charge is 0.465 e. The Morgan fingerprint density at radius 1 is 1.26 bits per heavy atom. The van der Waals surface area contributed by atoms with Gasteiger partial charge in [-0.3, -0.25) is 4.40 Å². The van der Waals surface area contributed by atoms with Crippen molar-refractivity contribution < 1.29 is 13.9 Å². The van der Waals surface area contributed by atoms with Crippen LogP contribution in [0.5, 0.6) is 0 Å². The van der Waals surface area contributed by atoms with Crippen molar-refractivity contribution in [3.63, 3.8) is 0 Å². The molecule has 0 unspecified atom stereocenters. The van der Waals surface area contributed by atoms with Crippen LogP contribution in [0, 0.1) is 12.7 Å². The number of imidazole rings is 1. The summed E-state index contributed by atoms with van der Waals surface area (Å²) in [6.07, 6.45) is 1.30. The Labute approximate surface area is 131 Å². The zero-order chi connectivity index (χ0) is 16.4. The van der Waals surface area contributed by atoms with Crippen LogP contribution in [0.25, 0.3) is 5.65 Å². The smallest absolute Gasteiger partial charge is 0.337 e. The lowest BCUT2D eigenvalue weighted by molar-refractivity contribution is 0.0601. The Morgan fingerprint density at radius 2 is 2.09 bits per heavy atom. The number of ether oxygens (including phenoxy) is 1. The van der Waals surface area contributed by atoms with Gasteiger partial charge in [-0.1, -0.05) is 6.07 Å². The van der Waals surface area contributed by atoms with Crippen molar-refractivity contribution >= 4 is 23.1 Å². The summed E-state index contributed by atoms with van der Waals surface area (Å²) in [5.74, 6) is -0.405. The predicted molar refractivity (Wildman–Crippen MR) is 81.8 cm³/mol. The number of carbonyl (C=O) groups is 1. The SMILES string of the molecule is COC(=O)c1cccc(N=Nc2c(C)nc3ccc(F)cn23)c1. The average molecular weight is 312 g/mol. The summed E-state index contributed by atoms with van der Waals surface area (Å²) in [7, 11) is 1.31. The summed E-state index contributed by atoms with van der Waals surface area (Å²) in [5, 5.41) is 8.24. The van der Waals surface area contributed by atoms with Crippen molar-refractivity contribution in [3.05, 3.63) is 59.7 Å². The number of methoxy groups -OCH3 is 1. The number of carbonyl (C=O) groups excluding carboxylic acids is 1. The molecule has 1 aromatic carbocycles. The third kappa shape index (κ3) is 2.94. The molecule has 2 heterocycles. The molecule has 0 fully saturated rings. The molecular formula is C16H13FN4O2. The van der Waals surface area contributed by atoms with Crippen LogP contribution in [-0.4, -0.2) is 22.5 Å². The molecule has 3 rings (SSSR count). The highest BCUT2D eigenvalue weighted by atomic mass is 19.1. The van der Waals surface area contributed by atoms with E-state index < -0.39 is 5.97 Å². The Balaban J connectivity index is 1.99. The highest BCUT2D eigenvalue weighted by Crippen LogP contribution is 2.24. The maximum atomic E-state index is 13.4. The molecule has 0 aliphatic heterocycles. The van der Waals surface area contributed by atoms with Crippen molar-refractivity contribution in [2.24, 2.45) is 10.2 Å². The van der Waals surface area contributed by atoms with E-state index in [1.165, 1.54) is 23.8 Å². The fourth-order valence-electron chi connectivity index (χ4n) is 2.16. The van der Waals surface area contributed by atoms with Gasteiger partial charge < -0.3 is 4.74 Å². The van der Waals surface area contributed by atoms with Crippen molar-refractivity contribution in [1.29, 1.82) is 0 Å². The van der Waals surface area contributed by atoms with Gasteiger partial charge in [0, 0.05) is 6.20 Å². The topological polar surface area (TPSA) is 68.3 Å². The fraction of sp³-hybridized carbons (Fsp3) is 0.125. The van der Waals surface area contributed by atoms with Crippen LogP contribution < -0.4 is 0 Å². The zero-order valence-electron chi connectivity index (χ0n) is 12.5. The van der Waals surface area contributed by atoms with Crippen LogP contribution in [-0.2, 0) is 4.74 Å². The first kappa shape index (κ1) is 14.8. The number of benzene rings is 1. The second kappa shape index (κ2) is 5.96. The molecule has 0 radical (unpaired) electrons. The molecule has 0 amide bonds. The number of rotatable bonds is 3. The number of pyridine rings is 1. The summed E-state index contributed by atoms with van der Waals surface area (Å²) in [6, 6.07) is 9.48. The van der Waals surface area contributed by atoms with Gasteiger partial charge in [0.05, 0.1) is 24.1 Å². The monoisotopic (exact) mass is 312 g/mol. The number of fused-ring (bicyclic) bond motifs is 1. The summed E-state index contributed by atoms with van der Waals surface area (Å²) in [4.78, 5) is 15.8. The molecule has 0 N–H and O–H groups in total. The summed E-state index contributed by atoms with van der Waals surface area (Å²) >= 11 is 0. The minimum atomic E-state index is -0.449. The van der Waals surface area contributed by atoms with Crippen LogP contribution in [0.3, 0.4) is 0 Å². The van der Waals surface area contributed by atoms with Gasteiger partial charge in [0.2, 0.25) is 0 Å². The highest BCUT2D eigenvalue weighted by Gasteiger charge is 2.09. The van der Waals surface area contributed by atoms with E-state index in [2.05, 4.69) is 19.9 Å². The van der Waals surface area contributed by atoms with Gasteiger partial charge >= 0.3 is 5.97 Å². The van der Waals surface area contributed by atoms with Crippen molar-refractivity contribution in [3.8, 4) is 0 Å². The van der Waals surface area contributed by atoms with E-state index in [0.29, 0.717) is 28.4 Å². The molecule has 0 aliphatic carbocycles. The molecule has 0 aliphatic rings. The lowest BCUT2D eigenvalue weighted by atomic mass is 10.2. The molecule has 0 atom stereocenters. The van der Waals surface area contributed by atoms with Gasteiger partial charge in [0.15, 0.2) is 5.82 Å². The van der Waals surface area contributed by atoms with Crippen LogP contribution >= 0.6 is 0 Å².